The molecule has 1 aliphatic carbocycles. The van der Waals surface area contributed by atoms with Crippen molar-refractivity contribution in [2.24, 2.45) is 5.73 Å². The summed E-state index contributed by atoms with van der Waals surface area (Å²) >= 11 is 0. The van der Waals surface area contributed by atoms with Crippen LogP contribution in [0, 0.1) is 0 Å². The molecule has 0 heterocycles. The highest BCUT2D eigenvalue weighted by molar-refractivity contribution is 5.87. The number of hydrogen-bond acceptors (Lipinski definition) is 3. The van der Waals surface area contributed by atoms with Gasteiger partial charge in [0.2, 0.25) is 5.91 Å². The van der Waals surface area contributed by atoms with Crippen LogP contribution in [0.2, 0.25) is 0 Å². The van der Waals surface area contributed by atoms with Gasteiger partial charge in [-0.05, 0) is 24.1 Å². The molecular weight excluding hydrogens is 182 g/mol. The first-order valence-electron chi connectivity index (χ1n) is 4.35. The Balaban J connectivity index is 2.96. The van der Waals surface area contributed by atoms with Gasteiger partial charge in [-0.3, -0.25) is 4.79 Å². The minimum absolute atomic E-state index is 0.134. The van der Waals surface area contributed by atoms with Crippen molar-refractivity contribution in [1.82, 2.24) is 0 Å². The molecule has 1 amide bonds. The lowest BCUT2D eigenvalue weighted by Gasteiger charge is -2.17. The van der Waals surface area contributed by atoms with E-state index in [-0.39, 0.29) is 12.2 Å². The summed E-state index contributed by atoms with van der Waals surface area (Å²) in [4.78, 5) is 10.8. The van der Waals surface area contributed by atoms with Gasteiger partial charge in [0.1, 0.15) is 12.2 Å². The van der Waals surface area contributed by atoms with E-state index in [1.807, 2.05) is 13.0 Å². The normalized spacial score (nSPS) is 29.4. The first-order valence-corrected chi connectivity index (χ1v) is 4.35. The van der Waals surface area contributed by atoms with E-state index >= 15 is 0 Å². The number of nitrogens with two attached hydrogens (primary N) is 1. The van der Waals surface area contributed by atoms with E-state index < -0.39 is 5.91 Å². The fraction of sp³-hybridized carbons (Fsp3) is 0.500. The van der Waals surface area contributed by atoms with Crippen LogP contribution in [0.5, 0.6) is 0 Å². The van der Waals surface area contributed by atoms with E-state index in [0.717, 1.165) is 11.1 Å². The lowest BCUT2D eigenvalue weighted by Crippen LogP contribution is -2.26. The van der Waals surface area contributed by atoms with Crippen molar-refractivity contribution in [3.05, 3.63) is 23.3 Å². The number of rotatable bonds is 3. The zero-order chi connectivity index (χ0) is 10.7. The summed E-state index contributed by atoms with van der Waals surface area (Å²) in [7, 11) is 3.19. The zero-order valence-corrected chi connectivity index (χ0v) is 8.61. The average molecular weight is 197 g/mol. The monoisotopic (exact) mass is 197 g/mol. The summed E-state index contributed by atoms with van der Waals surface area (Å²) in [5.41, 5.74) is 6.87. The van der Waals surface area contributed by atoms with E-state index in [1.165, 1.54) is 6.08 Å². The summed E-state index contributed by atoms with van der Waals surface area (Å²) in [6.45, 7) is 1.90. The SMILES string of the molecule is COC1C=C(C)/C(=C/C(N)=O)[C@@H]1OC. The molecular formula is C10H15NO3. The Morgan fingerprint density at radius 2 is 2.14 bits per heavy atom. The summed E-state index contributed by atoms with van der Waals surface area (Å²) in [6.07, 6.45) is 2.94. The molecule has 4 heteroatoms. The molecule has 1 unspecified atom stereocenters. The van der Waals surface area contributed by atoms with Crippen LogP contribution in [0.1, 0.15) is 6.92 Å². The Morgan fingerprint density at radius 3 is 2.57 bits per heavy atom. The van der Waals surface area contributed by atoms with Crippen molar-refractivity contribution in [3.63, 3.8) is 0 Å². The van der Waals surface area contributed by atoms with Crippen LogP contribution in [0.4, 0.5) is 0 Å². The number of carbonyl (C=O) groups excluding carboxylic acids is 1. The van der Waals surface area contributed by atoms with Gasteiger partial charge < -0.3 is 15.2 Å². The fourth-order valence-corrected chi connectivity index (χ4v) is 1.63. The minimum Gasteiger partial charge on any atom is -0.374 e. The molecule has 0 bridgehead atoms. The summed E-state index contributed by atoms with van der Waals surface area (Å²) in [6, 6.07) is 0. The van der Waals surface area contributed by atoms with Gasteiger partial charge in [-0.25, -0.2) is 0 Å². The summed E-state index contributed by atoms with van der Waals surface area (Å²) in [5, 5.41) is 0. The highest BCUT2D eigenvalue weighted by atomic mass is 16.5. The van der Waals surface area contributed by atoms with Crippen molar-refractivity contribution < 1.29 is 14.3 Å². The largest absolute Gasteiger partial charge is 0.374 e. The highest BCUT2D eigenvalue weighted by Gasteiger charge is 2.30. The number of methoxy groups -OCH3 is 2. The van der Waals surface area contributed by atoms with E-state index in [2.05, 4.69) is 0 Å². The number of amides is 1. The minimum atomic E-state index is -0.466. The molecule has 4 nitrogen and oxygen atoms in total. The van der Waals surface area contributed by atoms with Gasteiger partial charge in [-0.2, -0.15) is 0 Å². The second-order valence-corrected chi connectivity index (χ2v) is 3.21. The highest BCUT2D eigenvalue weighted by Crippen LogP contribution is 2.28. The van der Waals surface area contributed by atoms with E-state index in [9.17, 15) is 4.79 Å². The van der Waals surface area contributed by atoms with Crippen LogP contribution < -0.4 is 5.73 Å². The Hall–Kier alpha value is -1.13. The van der Waals surface area contributed by atoms with Crippen LogP contribution >= 0.6 is 0 Å². The molecule has 14 heavy (non-hydrogen) atoms. The Bertz CT molecular complexity index is 294. The molecule has 0 radical (unpaired) electrons. The zero-order valence-electron chi connectivity index (χ0n) is 8.61. The van der Waals surface area contributed by atoms with Gasteiger partial charge in [-0.15, -0.1) is 0 Å². The fourth-order valence-electron chi connectivity index (χ4n) is 1.63. The lowest BCUT2D eigenvalue weighted by atomic mass is 10.1. The molecule has 0 aromatic carbocycles. The van der Waals surface area contributed by atoms with Crippen molar-refractivity contribution in [1.29, 1.82) is 0 Å². The third-order valence-electron chi connectivity index (χ3n) is 2.30. The molecule has 1 rings (SSSR count). The van der Waals surface area contributed by atoms with Gasteiger partial charge in [-0.1, -0.05) is 0 Å². The number of primary amides is 1. The second kappa shape index (κ2) is 4.39. The molecule has 1 aliphatic rings. The first-order chi connectivity index (χ1) is 6.60. The van der Waals surface area contributed by atoms with E-state index in [4.69, 9.17) is 15.2 Å². The number of carbonyl (C=O) groups is 1. The van der Waals surface area contributed by atoms with Gasteiger partial charge in [0.05, 0.1) is 0 Å². The molecule has 0 aromatic rings. The average Bonchev–Trinajstić information content (AvgIpc) is 2.42. The molecule has 0 saturated heterocycles. The van der Waals surface area contributed by atoms with E-state index in [1.54, 1.807) is 14.2 Å². The third-order valence-corrected chi connectivity index (χ3v) is 2.30. The number of ether oxygens (including phenoxy) is 2. The predicted molar refractivity (Wildman–Crippen MR) is 52.6 cm³/mol. The molecule has 0 spiro atoms. The smallest absolute Gasteiger partial charge is 0.241 e. The van der Waals surface area contributed by atoms with Gasteiger partial charge in [0.15, 0.2) is 0 Å². The molecule has 0 saturated carbocycles. The van der Waals surface area contributed by atoms with Gasteiger partial charge in [0, 0.05) is 20.3 Å². The number of hydrogen-bond donors (Lipinski definition) is 1. The maximum atomic E-state index is 10.8. The molecule has 0 aromatic heterocycles. The van der Waals surface area contributed by atoms with Crippen LogP contribution in [0.15, 0.2) is 23.3 Å². The summed E-state index contributed by atoms with van der Waals surface area (Å²) in [5.74, 6) is -0.466. The molecule has 0 aliphatic heterocycles. The maximum Gasteiger partial charge on any atom is 0.241 e. The van der Waals surface area contributed by atoms with Crippen LogP contribution in [-0.2, 0) is 14.3 Å². The third kappa shape index (κ3) is 2.02. The molecule has 2 atom stereocenters. The second-order valence-electron chi connectivity index (χ2n) is 3.21. The van der Waals surface area contributed by atoms with Crippen molar-refractivity contribution in [2.75, 3.05) is 14.2 Å². The van der Waals surface area contributed by atoms with Crippen molar-refractivity contribution >= 4 is 5.91 Å². The van der Waals surface area contributed by atoms with Crippen LogP contribution in [0.25, 0.3) is 0 Å². The lowest BCUT2D eigenvalue weighted by molar-refractivity contribution is -0.113. The van der Waals surface area contributed by atoms with Crippen molar-refractivity contribution in [3.8, 4) is 0 Å². The van der Waals surface area contributed by atoms with Crippen molar-refractivity contribution in [2.45, 2.75) is 19.1 Å². The Labute approximate surface area is 83.4 Å². The molecule has 0 fully saturated rings. The van der Waals surface area contributed by atoms with E-state index in [0.29, 0.717) is 0 Å². The summed E-state index contributed by atoms with van der Waals surface area (Å²) < 4.78 is 10.4. The van der Waals surface area contributed by atoms with Crippen LogP contribution in [-0.4, -0.2) is 32.3 Å². The first kappa shape index (κ1) is 10.9. The Kier molecular flexibility index (Phi) is 3.43. The topological polar surface area (TPSA) is 61.5 Å². The molecule has 2 N–H and O–H groups in total. The maximum absolute atomic E-state index is 10.8. The van der Waals surface area contributed by atoms with Gasteiger partial charge in [0.25, 0.3) is 0 Å². The molecule has 78 valence electrons. The standard InChI is InChI=1S/C10H15NO3/c1-6-4-8(13-2)10(14-3)7(6)5-9(11)12/h4-5,8,10H,1-3H3,(H2,11,12)/b7-5-/t8?,10-/m0/s1. The Morgan fingerprint density at radius 1 is 1.50 bits per heavy atom. The van der Waals surface area contributed by atoms with Gasteiger partial charge >= 0.3 is 0 Å². The van der Waals surface area contributed by atoms with Crippen LogP contribution in [0.3, 0.4) is 0 Å². The quantitative estimate of drug-likeness (QED) is 0.666. The predicted octanol–water partition coefficient (Wildman–Crippen LogP) is 0.388.